The van der Waals surface area contributed by atoms with Gasteiger partial charge in [-0.1, -0.05) is 70.2 Å². The highest BCUT2D eigenvalue weighted by Crippen LogP contribution is 2.37. The number of aliphatic hydroxyl groups excluding tert-OH is 1. The second kappa shape index (κ2) is 19.7. The number of carbonyl (C=O) groups is 5. The Labute approximate surface area is 365 Å². The fourth-order valence-electron chi connectivity index (χ4n) is 7.71. The number of aromatic hydroxyl groups is 1. The molecule has 14 nitrogen and oxygen atoms in total. The highest BCUT2D eigenvalue weighted by Gasteiger charge is 2.44. The maximum Gasteiger partial charge on any atom is 0.251 e. The summed E-state index contributed by atoms with van der Waals surface area (Å²) in [6.45, 7) is 11.3. The minimum atomic E-state index is -1.03. The van der Waals surface area contributed by atoms with E-state index in [0.717, 1.165) is 32.6 Å². The Kier molecular flexibility index (Phi) is 14.4. The topological polar surface area (TPSA) is 203 Å². The van der Waals surface area contributed by atoms with Crippen LogP contribution >= 0.6 is 11.3 Å². The van der Waals surface area contributed by atoms with E-state index < -0.39 is 53.3 Å². The van der Waals surface area contributed by atoms with E-state index in [0.29, 0.717) is 23.1 Å². The fraction of sp³-hybridized carbons (Fsp3) is 0.383. The van der Waals surface area contributed by atoms with Gasteiger partial charge in [-0.3, -0.25) is 29.0 Å². The lowest BCUT2D eigenvalue weighted by molar-refractivity contribution is -0.144. The van der Waals surface area contributed by atoms with E-state index in [1.54, 1.807) is 74.1 Å². The quantitative estimate of drug-likeness (QED) is 0.0773. The summed E-state index contributed by atoms with van der Waals surface area (Å²) in [7, 11) is 0. The number of rotatable bonds is 15. The third-order valence-electron chi connectivity index (χ3n) is 11.0. The molecule has 4 atom stereocenters. The first-order valence-electron chi connectivity index (χ1n) is 20.8. The zero-order valence-electron chi connectivity index (χ0n) is 36.0. The van der Waals surface area contributed by atoms with Crippen LogP contribution in [0.3, 0.4) is 0 Å². The minimum Gasteiger partial charge on any atom is -0.505 e. The number of fused-ring (bicyclic) bond motifs is 1. The molecular weight excluding hydrogens is 807 g/mol. The lowest BCUT2D eigenvalue weighted by Gasteiger charge is -2.35. The van der Waals surface area contributed by atoms with Gasteiger partial charge in [0, 0.05) is 61.6 Å². The van der Waals surface area contributed by atoms with E-state index in [-0.39, 0.29) is 56.1 Å². The first kappa shape index (κ1) is 45.3. The number of carbonyl (C=O) groups excluding carboxylic acids is 5. The molecule has 6 N–H and O–H groups in total. The number of aromatic nitrogens is 2. The number of phenols is 1. The molecule has 62 heavy (non-hydrogen) atoms. The lowest BCUT2D eigenvalue weighted by atomic mass is 9.85. The van der Waals surface area contributed by atoms with E-state index in [4.69, 9.17) is 0 Å². The predicted molar refractivity (Wildman–Crippen MR) is 238 cm³/mol. The molecule has 6 rings (SSSR count). The second-order valence-electron chi connectivity index (χ2n) is 16.9. The molecule has 326 valence electrons. The summed E-state index contributed by atoms with van der Waals surface area (Å²) in [6, 6.07) is 17.2. The first-order valence-corrected chi connectivity index (χ1v) is 21.7. The molecule has 0 radical (unpaired) electrons. The average molecular weight is 862 g/mol. The van der Waals surface area contributed by atoms with Crippen molar-refractivity contribution in [3.05, 3.63) is 112 Å². The van der Waals surface area contributed by atoms with Gasteiger partial charge in [-0.05, 0) is 72.2 Å². The Morgan fingerprint density at radius 3 is 2.35 bits per heavy atom. The van der Waals surface area contributed by atoms with Crippen molar-refractivity contribution in [2.24, 2.45) is 5.41 Å². The van der Waals surface area contributed by atoms with Crippen molar-refractivity contribution < 1.29 is 34.2 Å². The summed E-state index contributed by atoms with van der Waals surface area (Å²) in [6.07, 6.45) is 1.48. The first-order chi connectivity index (χ1) is 29.5. The van der Waals surface area contributed by atoms with Crippen molar-refractivity contribution in [2.45, 2.75) is 98.0 Å². The molecule has 0 spiro atoms. The Hall–Kier alpha value is -6.19. The van der Waals surface area contributed by atoms with Crippen LogP contribution in [0.4, 0.5) is 0 Å². The number of nitrogens with zero attached hydrogens (tertiary/aromatic N) is 3. The molecule has 3 aromatic carbocycles. The SMILES string of the molecule is CCCC(=O)NC(c1cccc(C(=O)NCCC(=O)N[C@@H](C(=O)N2C[C@@H](O)C[C@@H]2C(=O)NCc2ccc(-c3scnc3C)cc2)C(C)(C)C)c1)c1cc(C)c2cccnc2c1O. The van der Waals surface area contributed by atoms with Gasteiger partial charge in [0.25, 0.3) is 5.91 Å². The number of amides is 5. The van der Waals surface area contributed by atoms with E-state index in [1.165, 1.54) is 4.90 Å². The van der Waals surface area contributed by atoms with Crippen molar-refractivity contribution in [1.29, 1.82) is 0 Å². The predicted octanol–water partition coefficient (Wildman–Crippen LogP) is 5.62. The van der Waals surface area contributed by atoms with Gasteiger partial charge < -0.3 is 36.4 Å². The molecule has 1 saturated heterocycles. The Morgan fingerprint density at radius 1 is 0.919 bits per heavy atom. The molecule has 2 aromatic heterocycles. The van der Waals surface area contributed by atoms with Gasteiger partial charge in [0.1, 0.15) is 23.3 Å². The van der Waals surface area contributed by atoms with E-state index in [1.807, 2.05) is 57.2 Å². The molecule has 0 saturated carbocycles. The second-order valence-corrected chi connectivity index (χ2v) is 17.7. The molecule has 1 unspecified atom stereocenters. The summed E-state index contributed by atoms with van der Waals surface area (Å²) in [4.78, 5) is 78.5. The molecule has 0 bridgehead atoms. The van der Waals surface area contributed by atoms with Gasteiger partial charge in [-0.2, -0.15) is 0 Å². The van der Waals surface area contributed by atoms with Crippen LogP contribution in [0.15, 0.2) is 78.4 Å². The maximum absolute atomic E-state index is 14.1. The monoisotopic (exact) mass is 861 g/mol. The Morgan fingerprint density at radius 2 is 1.66 bits per heavy atom. The summed E-state index contributed by atoms with van der Waals surface area (Å²) in [5, 5.41) is 34.3. The normalized spacial score (nSPS) is 16.1. The molecule has 1 fully saturated rings. The van der Waals surface area contributed by atoms with E-state index in [9.17, 15) is 34.2 Å². The summed E-state index contributed by atoms with van der Waals surface area (Å²) in [5.41, 5.74) is 6.43. The summed E-state index contributed by atoms with van der Waals surface area (Å²) < 4.78 is 0. The molecule has 3 heterocycles. The number of aliphatic hydroxyl groups is 1. The highest BCUT2D eigenvalue weighted by atomic mass is 32.1. The molecule has 5 amide bonds. The maximum atomic E-state index is 14.1. The Bertz CT molecular complexity index is 2450. The van der Waals surface area contributed by atoms with Crippen LogP contribution in [-0.4, -0.2) is 85.9 Å². The molecule has 15 heteroatoms. The highest BCUT2D eigenvalue weighted by molar-refractivity contribution is 7.13. The number of aryl methyl sites for hydroxylation is 2. The van der Waals surface area contributed by atoms with Gasteiger partial charge in [0.15, 0.2) is 0 Å². The molecule has 5 aromatic rings. The summed E-state index contributed by atoms with van der Waals surface area (Å²) in [5.74, 6) is -2.13. The molecule has 1 aliphatic rings. The van der Waals surface area contributed by atoms with Gasteiger partial charge in [-0.15, -0.1) is 11.3 Å². The van der Waals surface area contributed by atoms with Crippen molar-refractivity contribution in [1.82, 2.24) is 36.1 Å². The number of likely N-dealkylation sites (tertiary alicyclic amines) is 1. The van der Waals surface area contributed by atoms with Crippen LogP contribution in [0.1, 0.15) is 97.7 Å². The lowest BCUT2D eigenvalue weighted by Crippen LogP contribution is -2.57. The number of pyridine rings is 1. The zero-order chi connectivity index (χ0) is 44.7. The fourth-order valence-corrected chi connectivity index (χ4v) is 8.53. The van der Waals surface area contributed by atoms with Gasteiger partial charge >= 0.3 is 0 Å². The molecule has 0 aliphatic carbocycles. The van der Waals surface area contributed by atoms with E-state index in [2.05, 4.69) is 31.2 Å². The molecular formula is C47H55N7O7S. The minimum absolute atomic E-state index is 0.0504. The number of nitrogens with one attached hydrogen (secondary N) is 4. The third-order valence-corrected chi connectivity index (χ3v) is 12.0. The van der Waals surface area contributed by atoms with Crippen LogP contribution in [-0.2, 0) is 25.7 Å². The smallest absolute Gasteiger partial charge is 0.251 e. The standard InChI is InChI=1S/C47H55N7O7S/c1-7-10-37(56)52-39(35-21-27(2)34-13-9-19-48-40(34)41(35)58)31-11-8-12-32(22-31)44(59)49-20-18-38(57)53-43(47(4,5)6)46(61)54-25-33(55)23-36(54)45(60)50-24-29-14-16-30(17-15-29)42-28(3)51-26-62-42/h8-9,11-17,19,21-22,26,33,36,39,43,55,58H,7,10,18,20,23-25H2,1-6H3,(H,49,59)(H,50,60)(H,52,56)(H,53,57)/t33-,36+,39?,43-/m0/s1. The van der Waals surface area contributed by atoms with Crippen LogP contribution in [0.5, 0.6) is 5.75 Å². The zero-order valence-corrected chi connectivity index (χ0v) is 36.8. The molecule has 1 aliphatic heterocycles. The number of hydrogen-bond acceptors (Lipinski definition) is 10. The van der Waals surface area contributed by atoms with Crippen LogP contribution < -0.4 is 21.3 Å². The number of β-amino-alcohol motifs (C(OH)–C–C–N with tert-alkyl or cyclic N) is 1. The van der Waals surface area contributed by atoms with Crippen molar-refractivity contribution >= 4 is 51.8 Å². The van der Waals surface area contributed by atoms with Gasteiger partial charge in [0.2, 0.25) is 23.6 Å². The largest absolute Gasteiger partial charge is 0.505 e. The number of thiazole rings is 1. The van der Waals surface area contributed by atoms with Crippen LogP contribution in [0.25, 0.3) is 21.3 Å². The van der Waals surface area contributed by atoms with Gasteiger partial charge in [0.05, 0.1) is 28.2 Å². The third kappa shape index (κ3) is 10.6. The number of benzene rings is 3. The number of hydrogen-bond donors (Lipinski definition) is 6. The van der Waals surface area contributed by atoms with E-state index >= 15 is 0 Å². The van der Waals surface area contributed by atoms with Crippen LogP contribution in [0, 0.1) is 19.3 Å². The van der Waals surface area contributed by atoms with Crippen molar-refractivity contribution in [2.75, 3.05) is 13.1 Å². The van der Waals surface area contributed by atoms with Crippen molar-refractivity contribution in [3.8, 4) is 16.2 Å². The average Bonchev–Trinajstić information content (AvgIpc) is 3.87. The Balaban J connectivity index is 1.08. The van der Waals surface area contributed by atoms with Gasteiger partial charge in [-0.25, -0.2) is 4.98 Å². The van der Waals surface area contributed by atoms with Crippen molar-refractivity contribution in [3.63, 3.8) is 0 Å². The summed E-state index contributed by atoms with van der Waals surface area (Å²) >= 11 is 1.56. The number of phenolic OH excluding ortho intramolecular Hbond substituents is 1. The van der Waals surface area contributed by atoms with Crippen LogP contribution in [0.2, 0.25) is 0 Å².